The maximum Gasteiger partial charge on any atom is 0.237 e. The van der Waals surface area contributed by atoms with Gasteiger partial charge in [-0.1, -0.05) is 30.3 Å². The minimum absolute atomic E-state index is 0.00703. The number of ether oxygens (including phenoxy) is 1. The van der Waals surface area contributed by atoms with Crippen LogP contribution in [0.4, 0.5) is 5.69 Å². The van der Waals surface area contributed by atoms with Crippen molar-refractivity contribution in [3.63, 3.8) is 0 Å². The van der Waals surface area contributed by atoms with E-state index in [1.807, 2.05) is 36.0 Å². The van der Waals surface area contributed by atoms with Crippen LogP contribution in [-0.2, 0) is 21.8 Å². The van der Waals surface area contributed by atoms with E-state index in [0.717, 1.165) is 37.4 Å². The predicted octanol–water partition coefficient (Wildman–Crippen LogP) is 3.32. The average Bonchev–Trinajstić information content (AvgIpc) is 3.26. The maximum atomic E-state index is 12.3. The Labute approximate surface area is 146 Å². The standard InChI is InChI=1S/C18H23N3O2S/c1-14(24-13-15-6-3-2-4-7-15)18(22)20-16-10-19-21(11-16)12-17-8-5-9-23-17/h2-4,6-7,10-11,14,17H,5,8-9,12-13H2,1H3,(H,20,22)/t14-,17+/m0/s1. The number of hydrogen-bond donors (Lipinski definition) is 1. The second kappa shape index (κ2) is 8.35. The monoisotopic (exact) mass is 345 g/mol. The summed E-state index contributed by atoms with van der Waals surface area (Å²) in [4.78, 5) is 12.3. The van der Waals surface area contributed by atoms with Crippen molar-refractivity contribution >= 4 is 23.4 Å². The van der Waals surface area contributed by atoms with E-state index < -0.39 is 0 Å². The van der Waals surface area contributed by atoms with Crippen molar-refractivity contribution in [2.75, 3.05) is 11.9 Å². The van der Waals surface area contributed by atoms with Crippen molar-refractivity contribution in [2.24, 2.45) is 0 Å². The predicted molar refractivity (Wildman–Crippen MR) is 97.0 cm³/mol. The van der Waals surface area contributed by atoms with Crippen LogP contribution in [0, 0.1) is 0 Å². The van der Waals surface area contributed by atoms with Crippen molar-refractivity contribution in [2.45, 2.75) is 43.4 Å². The van der Waals surface area contributed by atoms with Crippen LogP contribution in [0.15, 0.2) is 42.7 Å². The highest BCUT2D eigenvalue weighted by Gasteiger charge is 2.17. The summed E-state index contributed by atoms with van der Waals surface area (Å²) in [6.45, 7) is 3.51. The Balaban J connectivity index is 1.46. The van der Waals surface area contributed by atoms with Crippen molar-refractivity contribution in [3.8, 4) is 0 Å². The van der Waals surface area contributed by atoms with Crippen LogP contribution >= 0.6 is 11.8 Å². The number of nitrogens with one attached hydrogen (secondary N) is 1. The van der Waals surface area contributed by atoms with Gasteiger partial charge in [0, 0.05) is 18.6 Å². The number of hydrogen-bond acceptors (Lipinski definition) is 4. The van der Waals surface area contributed by atoms with E-state index in [4.69, 9.17) is 4.74 Å². The molecule has 3 rings (SSSR count). The van der Waals surface area contributed by atoms with E-state index in [1.54, 1.807) is 18.0 Å². The van der Waals surface area contributed by atoms with Gasteiger partial charge in [0.25, 0.3) is 0 Å². The van der Waals surface area contributed by atoms with Gasteiger partial charge in [-0.3, -0.25) is 9.48 Å². The summed E-state index contributed by atoms with van der Waals surface area (Å²) >= 11 is 1.63. The first-order chi connectivity index (χ1) is 11.7. The minimum atomic E-state index is -0.119. The Kier molecular flexibility index (Phi) is 5.93. The Bertz CT molecular complexity index is 653. The minimum Gasteiger partial charge on any atom is -0.376 e. The lowest BCUT2D eigenvalue weighted by molar-refractivity contribution is -0.115. The Hall–Kier alpha value is -1.79. The number of nitrogens with zero attached hydrogens (tertiary/aromatic N) is 2. The first-order valence-electron chi connectivity index (χ1n) is 8.31. The van der Waals surface area contributed by atoms with Gasteiger partial charge in [-0.2, -0.15) is 5.10 Å². The van der Waals surface area contributed by atoms with Crippen LogP contribution in [-0.4, -0.2) is 33.6 Å². The van der Waals surface area contributed by atoms with Gasteiger partial charge >= 0.3 is 0 Å². The molecule has 5 nitrogen and oxygen atoms in total. The van der Waals surface area contributed by atoms with Crippen LogP contribution < -0.4 is 5.32 Å². The molecular formula is C18H23N3O2S. The fourth-order valence-corrected chi connectivity index (χ4v) is 3.49. The Morgan fingerprint density at radius 3 is 3.04 bits per heavy atom. The lowest BCUT2D eigenvalue weighted by Gasteiger charge is -2.11. The van der Waals surface area contributed by atoms with Crippen LogP contribution in [0.25, 0.3) is 0 Å². The molecule has 0 unspecified atom stereocenters. The number of rotatable bonds is 7. The number of aromatic nitrogens is 2. The van der Waals surface area contributed by atoms with E-state index >= 15 is 0 Å². The third-order valence-corrected chi connectivity index (χ3v) is 5.24. The number of anilines is 1. The second-order valence-corrected chi connectivity index (χ2v) is 7.34. The fourth-order valence-electron chi connectivity index (χ4n) is 2.64. The van der Waals surface area contributed by atoms with Gasteiger partial charge < -0.3 is 10.1 Å². The van der Waals surface area contributed by atoms with E-state index in [1.165, 1.54) is 5.56 Å². The summed E-state index contributed by atoms with van der Waals surface area (Å²) in [5, 5.41) is 7.12. The zero-order valence-electron chi connectivity index (χ0n) is 13.9. The molecule has 24 heavy (non-hydrogen) atoms. The second-order valence-electron chi connectivity index (χ2n) is 6.01. The highest BCUT2D eigenvalue weighted by Crippen LogP contribution is 2.19. The smallest absolute Gasteiger partial charge is 0.237 e. The number of carbonyl (C=O) groups is 1. The van der Waals surface area contributed by atoms with Gasteiger partial charge in [-0.15, -0.1) is 11.8 Å². The van der Waals surface area contributed by atoms with Gasteiger partial charge in [-0.25, -0.2) is 0 Å². The summed E-state index contributed by atoms with van der Waals surface area (Å²) in [6.07, 6.45) is 6.00. The number of thioether (sulfide) groups is 1. The van der Waals surface area contributed by atoms with E-state index in [9.17, 15) is 4.79 Å². The summed E-state index contributed by atoms with van der Waals surface area (Å²) < 4.78 is 7.45. The molecule has 2 atom stereocenters. The van der Waals surface area contributed by atoms with E-state index in [0.29, 0.717) is 0 Å². The lowest BCUT2D eigenvalue weighted by atomic mass is 10.2. The van der Waals surface area contributed by atoms with Gasteiger partial charge in [-0.05, 0) is 25.3 Å². The molecule has 0 spiro atoms. The van der Waals surface area contributed by atoms with Gasteiger partial charge in [0.1, 0.15) is 0 Å². The Morgan fingerprint density at radius 2 is 2.29 bits per heavy atom. The van der Waals surface area contributed by atoms with E-state index in [-0.39, 0.29) is 17.3 Å². The van der Waals surface area contributed by atoms with Gasteiger partial charge in [0.2, 0.25) is 5.91 Å². The van der Waals surface area contributed by atoms with Crippen LogP contribution in [0.3, 0.4) is 0 Å². The molecule has 1 aliphatic rings. The molecule has 0 aliphatic carbocycles. The highest BCUT2D eigenvalue weighted by atomic mass is 32.2. The zero-order valence-corrected chi connectivity index (χ0v) is 14.7. The first-order valence-corrected chi connectivity index (χ1v) is 9.36. The largest absolute Gasteiger partial charge is 0.376 e. The number of carbonyl (C=O) groups excluding carboxylic acids is 1. The molecule has 1 fully saturated rings. The molecule has 0 radical (unpaired) electrons. The fraction of sp³-hybridized carbons (Fsp3) is 0.444. The molecule has 1 saturated heterocycles. The quantitative estimate of drug-likeness (QED) is 0.836. The molecule has 1 aromatic carbocycles. The maximum absolute atomic E-state index is 12.3. The van der Waals surface area contributed by atoms with Crippen LogP contribution in [0.5, 0.6) is 0 Å². The van der Waals surface area contributed by atoms with Crippen molar-refractivity contribution in [1.82, 2.24) is 9.78 Å². The molecule has 1 N–H and O–H groups in total. The molecule has 1 aliphatic heterocycles. The van der Waals surface area contributed by atoms with Gasteiger partial charge in [0.15, 0.2) is 0 Å². The Morgan fingerprint density at radius 1 is 1.46 bits per heavy atom. The van der Waals surface area contributed by atoms with E-state index in [2.05, 4.69) is 22.5 Å². The van der Waals surface area contributed by atoms with Gasteiger partial charge in [0.05, 0.1) is 29.8 Å². The molecule has 1 amide bonds. The lowest BCUT2D eigenvalue weighted by Crippen LogP contribution is -2.22. The summed E-state index contributed by atoms with van der Waals surface area (Å²) in [6, 6.07) is 10.2. The summed E-state index contributed by atoms with van der Waals surface area (Å²) in [5.41, 5.74) is 1.97. The molecular weight excluding hydrogens is 322 g/mol. The van der Waals surface area contributed by atoms with Crippen LogP contribution in [0.1, 0.15) is 25.3 Å². The molecule has 128 valence electrons. The van der Waals surface area contributed by atoms with Crippen LogP contribution in [0.2, 0.25) is 0 Å². The SMILES string of the molecule is C[C@H](SCc1ccccc1)C(=O)Nc1cnn(C[C@H]2CCCO2)c1. The zero-order chi connectivity index (χ0) is 16.8. The molecule has 2 aromatic rings. The van der Waals surface area contributed by atoms with Crippen molar-refractivity contribution < 1.29 is 9.53 Å². The molecule has 0 saturated carbocycles. The molecule has 1 aromatic heterocycles. The van der Waals surface area contributed by atoms with Crippen molar-refractivity contribution in [3.05, 3.63) is 48.3 Å². The van der Waals surface area contributed by atoms with Crippen molar-refractivity contribution in [1.29, 1.82) is 0 Å². The third kappa shape index (κ3) is 4.85. The number of amides is 1. The summed E-state index contributed by atoms with van der Waals surface area (Å²) in [7, 11) is 0. The molecule has 6 heteroatoms. The highest BCUT2D eigenvalue weighted by molar-refractivity contribution is 7.99. The molecule has 2 heterocycles. The topological polar surface area (TPSA) is 56.2 Å². The normalized spacial score (nSPS) is 18.5. The third-order valence-electron chi connectivity index (χ3n) is 4.03. The number of benzene rings is 1. The molecule has 0 bridgehead atoms. The average molecular weight is 345 g/mol. The summed E-state index contributed by atoms with van der Waals surface area (Å²) in [5.74, 6) is 0.834. The first kappa shape index (κ1) is 17.0.